The molecule has 0 bridgehead atoms. The fraction of sp³-hybridized carbons (Fsp3) is 0.500. The fourth-order valence-corrected chi connectivity index (χ4v) is 1.69. The Hall–Kier alpha value is -2.15. The second-order valence-corrected chi connectivity index (χ2v) is 4.72. The van der Waals surface area contributed by atoms with Crippen LogP contribution in [0.4, 0.5) is 5.69 Å². The number of ether oxygens (including phenoxy) is 1. The highest BCUT2D eigenvalue weighted by molar-refractivity contribution is 5.75. The van der Waals surface area contributed by atoms with Crippen LogP contribution in [0.1, 0.15) is 18.9 Å². The molecule has 7 nitrogen and oxygen atoms in total. The second-order valence-electron chi connectivity index (χ2n) is 4.72. The maximum absolute atomic E-state index is 11.5. The molecular weight excluding hydrogens is 274 g/mol. The van der Waals surface area contributed by atoms with E-state index in [4.69, 9.17) is 4.74 Å². The molecule has 0 unspecified atom stereocenters. The molecule has 0 aliphatic rings. The summed E-state index contributed by atoms with van der Waals surface area (Å²) in [4.78, 5) is 23.4. The third-order valence-electron chi connectivity index (χ3n) is 2.89. The molecule has 1 rings (SSSR count). The summed E-state index contributed by atoms with van der Waals surface area (Å²) >= 11 is 0. The Morgan fingerprint density at radius 1 is 1.43 bits per heavy atom. The molecule has 1 aromatic rings. The molecule has 1 aromatic carbocycles. The van der Waals surface area contributed by atoms with E-state index in [9.17, 15) is 14.9 Å². The van der Waals surface area contributed by atoms with Crippen molar-refractivity contribution in [1.82, 2.24) is 10.2 Å². The zero-order valence-corrected chi connectivity index (χ0v) is 12.6. The Bertz CT molecular complexity index is 503. The molecule has 0 atom stereocenters. The van der Waals surface area contributed by atoms with E-state index >= 15 is 0 Å². The number of carbonyl (C=O) groups is 1. The van der Waals surface area contributed by atoms with E-state index < -0.39 is 4.92 Å². The summed E-state index contributed by atoms with van der Waals surface area (Å²) in [6.07, 6.45) is 0.268. The number of nitro groups is 1. The Morgan fingerprint density at radius 3 is 2.71 bits per heavy atom. The monoisotopic (exact) mass is 295 g/mol. The summed E-state index contributed by atoms with van der Waals surface area (Å²) in [5.74, 6) is 0.540. The van der Waals surface area contributed by atoms with Crippen molar-refractivity contribution in [2.45, 2.75) is 19.9 Å². The summed E-state index contributed by atoms with van der Waals surface area (Å²) in [6, 6.07) is 4.47. The average Bonchev–Trinajstić information content (AvgIpc) is 2.45. The minimum atomic E-state index is -0.436. The van der Waals surface area contributed by atoms with Gasteiger partial charge in [0.1, 0.15) is 5.75 Å². The van der Waals surface area contributed by atoms with Gasteiger partial charge in [-0.25, -0.2) is 0 Å². The molecule has 0 aliphatic carbocycles. The number of hydrogen-bond donors (Lipinski definition) is 1. The molecule has 0 fully saturated rings. The van der Waals surface area contributed by atoms with Gasteiger partial charge in [-0.1, -0.05) is 6.92 Å². The molecule has 1 amide bonds. The number of benzene rings is 1. The summed E-state index contributed by atoms with van der Waals surface area (Å²) in [5, 5.41) is 13.9. The van der Waals surface area contributed by atoms with Gasteiger partial charge in [0.25, 0.3) is 5.69 Å². The third-order valence-corrected chi connectivity index (χ3v) is 2.89. The van der Waals surface area contributed by atoms with Crippen molar-refractivity contribution < 1.29 is 14.5 Å². The normalized spacial score (nSPS) is 10.2. The highest BCUT2D eigenvalue weighted by Crippen LogP contribution is 2.24. The lowest BCUT2D eigenvalue weighted by molar-refractivity contribution is -0.384. The molecule has 0 radical (unpaired) electrons. The van der Waals surface area contributed by atoms with Crippen molar-refractivity contribution in [2.75, 3.05) is 27.2 Å². The fourth-order valence-electron chi connectivity index (χ4n) is 1.69. The number of amides is 1. The lowest BCUT2D eigenvalue weighted by atomic mass is 10.1. The van der Waals surface area contributed by atoms with Gasteiger partial charge in [-0.15, -0.1) is 0 Å². The van der Waals surface area contributed by atoms with Crippen LogP contribution in [0, 0.1) is 10.1 Å². The maximum Gasteiger partial charge on any atom is 0.270 e. The van der Waals surface area contributed by atoms with Gasteiger partial charge in [0, 0.05) is 38.3 Å². The second kappa shape index (κ2) is 8.21. The van der Waals surface area contributed by atoms with E-state index in [1.54, 1.807) is 20.2 Å². The maximum atomic E-state index is 11.5. The van der Waals surface area contributed by atoms with Gasteiger partial charge in [0.05, 0.1) is 18.0 Å². The topological polar surface area (TPSA) is 84.7 Å². The predicted octanol–water partition coefficient (Wildman–Crippen LogP) is 1.56. The first-order valence-electron chi connectivity index (χ1n) is 6.76. The zero-order valence-electron chi connectivity index (χ0n) is 12.6. The largest absolute Gasteiger partial charge is 0.493 e. The zero-order chi connectivity index (χ0) is 15.8. The van der Waals surface area contributed by atoms with Crippen molar-refractivity contribution in [3.63, 3.8) is 0 Å². The van der Waals surface area contributed by atoms with Crippen molar-refractivity contribution in [1.29, 1.82) is 0 Å². The predicted molar refractivity (Wildman–Crippen MR) is 79.3 cm³/mol. The molecule has 21 heavy (non-hydrogen) atoms. The lowest BCUT2D eigenvalue weighted by Gasteiger charge is -2.13. The molecule has 0 saturated carbocycles. The summed E-state index contributed by atoms with van der Waals surface area (Å²) in [7, 11) is 3.37. The van der Waals surface area contributed by atoms with Gasteiger partial charge in [0.2, 0.25) is 5.91 Å². The van der Waals surface area contributed by atoms with Gasteiger partial charge < -0.3 is 15.0 Å². The van der Waals surface area contributed by atoms with Crippen LogP contribution < -0.4 is 10.1 Å². The lowest BCUT2D eigenvalue weighted by Crippen LogP contribution is -2.23. The smallest absolute Gasteiger partial charge is 0.270 e. The van der Waals surface area contributed by atoms with E-state index in [1.807, 2.05) is 6.92 Å². The number of hydrogen-bond acceptors (Lipinski definition) is 5. The number of nitrogens with zero attached hydrogens (tertiary/aromatic N) is 2. The third kappa shape index (κ3) is 5.39. The quantitative estimate of drug-likeness (QED) is 0.581. The number of nitro benzene ring substituents is 1. The van der Waals surface area contributed by atoms with Crippen LogP contribution in [0.15, 0.2) is 18.2 Å². The summed E-state index contributed by atoms with van der Waals surface area (Å²) in [5.41, 5.74) is 0.739. The first-order chi connectivity index (χ1) is 9.95. The molecule has 0 aromatic heterocycles. The number of carbonyl (C=O) groups excluding carboxylic acids is 1. The standard InChI is InChI=1S/C14H21N3O4/c1-4-15-10-11-9-12(17(19)20)5-6-13(11)21-8-7-14(18)16(2)3/h5-6,9,15H,4,7-8,10H2,1-3H3. The highest BCUT2D eigenvalue weighted by atomic mass is 16.6. The van der Waals surface area contributed by atoms with E-state index in [0.717, 1.165) is 6.54 Å². The molecule has 116 valence electrons. The molecule has 0 aliphatic heterocycles. The Kier molecular flexibility index (Phi) is 6.61. The van der Waals surface area contributed by atoms with E-state index in [1.165, 1.54) is 17.0 Å². The number of non-ortho nitro benzene ring substituents is 1. The Morgan fingerprint density at radius 2 is 2.14 bits per heavy atom. The first kappa shape index (κ1) is 16.9. The molecule has 1 N–H and O–H groups in total. The summed E-state index contributed by atoms with van der Waals surface area (Å²) < 4.78 is 5.58. The van der Waals surface area contributed by atoms with Crippen LogP contribution >= 0.6 is 0 Å². The molecule has 0 spiro atoms. The van der Waals surface area contributed by atoms with Gasteiger partial charge in [-0.2, -0.15) is 0 Å². The SMILES string of the molecule is CCNCc1cc([N+](=O)[O-])ccc1OCCC(=O)N(C)C. The number of nitrogens with one attached hydrogen (secondary N) is 1. The molecule has 0 saturated heterocycles. The molecular formula is C14H21N3O4. The minimum Gasteiger partial charge on any atom is -0.493 e. The van der Waals surface area contributed by atoms with Crippen LogP contribution in [0.5, 0.6) is 5.75 Å². The van der Waals surface area contributed by atoms with Gasteiger partial charge in [0.15, 0.2) is 0 Å². The van der Waals surface area contributed by atoms with Crippen molar-refractivity contribution in [3.05, 3.63) is 33.9 Å². The Labute approximate surface area is 124 Å². The first-order valence-corrected chi connectivity index (χ1v) is 6.76. The Balaban J connectivity index is 2.75. The van der Waals surface area contributed by atoms with Gasteiger partial charge in [-0.05, 0) is 12.6 Å². The summed E-state index contributed by atoms with van der Waals surface area (Å²) in [6.45, 7) is 3.43. The highest BCUT2D eigenvalue weighted by Gasteiger charge is 2.12. The van der Waals surface area contributed by atoms with Crippen LogP contribution in [0.3, 0.4) is 0 Å². The van der Waals surface area contributed by atoms with Gasteiger partial charge >= 0.3 is 0 Å². The molecule has 7 heteroatoms. The van der Waals surface area contributed by atoms with Crippen molar-refractivity contribution in [3.8, 4) is 5.75 Å². The average molecular weight is 295 g/mol. The van der Waals surface area contributed by atoms with E-state index in [-0.39, 0.29) is 24.6 Å². The van der Waals surface area contributed by atoms with Crippen molar-refractivity contribution >= 4 is 11.6 Å². The van der Waals surface area contributed by atoms with E-state index in [2.05, 4.69) is 5.32 Å². The molecule has 0 heterocycles. The van der Waals surface area contributed by atoms with Gasteiger partial charge in [-0.3, -0.25) is 14.9 Å². The van der Waals surface area contributed by atoms with Crippen LogP contribution in [0.25, 0.3) is 0 Å². The van der Waals surface area contributed by atoms with Crippen LogP contribution in [-0.4, -0.2) is 43.0 Å². The van der Waals surface area contributed by atoms with Crippen LogP contribution in [-0.2, 0) is 11.3 Å². The van der Waals surface area contributed by atoms with Crippen molar-refractivity contribution in [2.24, 2.45) is 0 Å². The minimum absolute atomic E-state index is 0.0230. The number of rotatable bonds is 8. The van der Waals surface area contributed by atoms with Crippen LogP contribution in [0.2, 0.25) is 0 Å². The van der Waals surface area contributed by atoms with E-state index in [0.29, 0.717) is 17.9 Å².